The van der Waals surface area contributed by atoms with Crippen LogP contribution in [0.25, 0.3) is 0 Å². The predicted molar refractivity (Wildman–Crippen MR) is 65.6 cm³/mol. The quantitative estimate of drug-likeness (QED) is 0.884. The molecular formula is C14H15NO3. The third-order valence-electron chi connectivity index (χ3n) is 3.55. The van der Waals surface area contributed by atoms with Crippen molar-refractivity contribution in [2.75, 3.05) is 7.11 Å². The van der Waals surface area contributed by atoms with Gasteiger partial charge in [0.1, 0.15) is 11.8 Å². The molecule has 18 heavy (non-hydrogen) atoms. The second-order valence-electron chi connectivity index (χ2n) is 4.84. The topological polar surface area (TPSA) is 70.3 Å². The third-order valence-corrected chi connectivity index (χ3v) is 3.55. The summed E-state index contributed by atoms with van der Waals surface area (Å²) in [6, 6.07) is 5.81. The van der Waals surface area contributed by atoms with Crippen LogP contribution in [0.3, 0.4) is 0 Å². The molecule has 0 aromatic heterocycles. The molecule has 1 aliphatic rings. The zero-order valence-electron chi connectivity index (χ0n) is 10.5. The van der Waals surface area contributed by atoms with Crippen LogP contribution in [-0.4, -0.2) is 18.2 Å². The van der Waals surface area contributed by atoms with E-state index in [0.717, 1.165) is 24.0 Å². The molecule has 1 N–H and O–H groups in total. The first-order valence-corrected chi connectivity index (χ1v) is 5.83. The van der Waals surface area contributed by atoms with Gasteiger partial charge in [-0.25, -0.2) is 0 Å². The molecule has 0 unspecified atom stereocenters. The van der Waals surface area contributed by atoms with Crippen molar-refractivity contribution < 1.29 is 14.6 Å². The van der Waals surface area contributed by atoms with Crippen molar-refractivity contribution in [3.63, 3.8) is 0 Å². The van der Waals surface area contributed by atoms with Crippen LogP contribution in [0, 0.1) is 18.3 Å². The lowest BCUT2D eigenvalue weighted by Gasteiger charge is -2.16. The van der Waals surface area contributed by atoms with Gasteiger partial charge < -0.3 is 9.84 Å². The van der Waals surface area contributed by atoms with Crippen molar-refractivity contribution in [1.82, 2.24) is 0 Å². The molecule has 0 heterocycles. The molecule has 0 aliphatic heterocycles. The van der Waals surface area contributed by atoms with Gasteiger partial charge in [-0.3, -0.25) is 4.79 Å². The average Bonchev–Trinajstić information content (AvgIpc) is 3.07. The van der Waals surface area contributed by atoms with E-state index >= 15 is 0 Å². The lowest BCUT2D eigenvalue weighted by atomic mass is 9.89. The monoisotopic (exact) mass is 245 g/mol. The highest BCUT2D eigenvalue weighted by atomic mass is 16.5. The van der Waals surface area contributed by atoms with Crippen LogP contribution in [0.1, 0.15) is 36.0 Å². The van der Waals surface area contributed by atoms with E-state index in [-0.39, 0.29) is 11.8 Å². The average molecular weight is 245 g/mol. The number of carbonyl (C=O) groups is 1. The SMILES string of the molecule is COc1c(C)cc(C2(CC(=O)O)CC2)cc1C#N. The lowest BCUT2D eigenvalue weighted by molar-refractivity contribution is -0.137. The normalized spacial score (nSPS) is 15.8. The Labute approximate surface area is 106 Å². The molecule has 1 saturated carbocycles. The summed E-state index contributed by atoms with van der Waals surface area (Å²) in [5.74, 6) is -0.216. The molecule has 1 fully saturated rings. The minimum atomic E-state index is -0.792. The van der Waals surface area contributed by atoms with Crippen molar-refractivity contribution in [3.8, 4) is 11.8 Å². The number of carboxylic acids is 1. The van der Waals surface area contributed by atoms with Gasteiger partial charge in [0.05, 0.1) is 19.1 Å². The summed E-state index contributed by atoms with van der Waals surface area (Å²) in [6.45, 7) is 1.88. The maximum absolute atomic E-state index is 10.9. The van der Waals surface area contributed by atoms with Crippen LogP contribution < -0.4 is 4.74 Å². The fourth-order valence-corrected chi connectivity index (χ4v) is 2.44. The minimum absolute atomic E-state index is 0.129. The molecule has 2 rings (SSSR count). The summed E-state index contributed by atoms with van der Waals surface area (Å²) >= 11 is 0. The Morgan fingerprint density at radius 2 is 2.22 bits per heavy atom. The largest absolute Gasteiger partial charge is 0.495 e. The highest BCUT2D eigenvalue weighted by Crippen LogP contribution is 2.52. The van der Waals surface area contributed by atoms with E-state index in [1.54, 1.807) is 6.07 Å². The number of ether oxygens (including phenoxy) is 1. The standard InChI is InChI=1S/C14H15NO3/c1-9-5-11(6-10(8-15)13(9)18-2)14(3-4-14)7-12(16)17/h5-6H,3-4,7H2,1-2H3,(H,16,17). The summed E-state index contributed by atoms with van der Waals surface area (Å²) < 4.78 is 5.20. The molecule has 0 atom stereocenters. The van der Waals surface area contributed by atoms with Gasteiger partial charge in [-0.15, -0.1) is 0 Å². The summed E-state index contributed by atoms with van der Waals surface area (Å²) in [5, 5.41) is 18.1. The summed E-state index contributed by atoms with van der Waals surface area (Å²) in [7, 11) is 1.53. The van der Waals surface area contributed by atoms with Crippen molar-refractivity contribution in [3.05, 3.63) is 28.8 Å². The number of methoxy groups -OCH3 is 1. The van der Waals surface area contributed by atoms with E-state index in [2.05, 4.69) is 6.07 Å². The van der Waals surface area contributed by atoms with Crippen LogP contribution in [0.4, 0.5) is 0 Å². The molecule has 0 amide bonds. The number of aliphatic carboxylic acids is 1. The first-order chi connectivity index (χ1) is 8.52. The van der Waals surface area contributed by atoms with Gasteiger partial charge in [0.15, 0.2) is 0 Å². The van der Waals surface area contributed by atoms with Crippen molar-refractivity contribution in [2.24, 2.45) is 0 Å². The Balaban J connectivity index is 2.45. The Kier molecular flexibility index (Phi) is 3.00. The molecule has 1 aromatic carbocycles. The fraction of sp³-hybridized carbons (Fsp3) is 0.429. The Hall–Kier alpha value is -2.02. The van der Waals surface area contributed by atoms with Gasteiger partial charge >= 0.3 is 5.97 Å². The number of nitrogens with zero attached hydrogens (tertiary/aromatic N) is 1. The highest BCUT2D eigenvalue weighted by Gasteiger charge is 2.46. The van der Waals surface area contributed by atoms with Crippen LogP contribution in [0.5, 0.6) is 5.75 Å². The highest BCUT2D eigenvalue weighted by molar-refractivity contribution is 5.70. The van der Waals surface area contributed by atoms with Gasteiger partial charge in [0.2, 0.25) is 0 Å². The number of benzene rings is 1. The van der Waals surface area contributed by atoms with E-state index in [0.29, 0.717) is 11.3 Å². The van der Waals surface area contributed by atoms with E-state index in [4.69, 9.17) is 15.1 Å². The maximum Gasteiger partial charge on any atom is 0.304 e. The fourth-order valence-electron chi connectivity index (χ4n) is 2.44. The van der Waals surface area contributed by atoms with E-state index in [1.807, 2.05) is 13.0 Å². The molecule has 1 aliphatic carbocycles. The number of aryl methyl sites for hydroxylation is 1. The van der Waals surface area contributed by atoms with Gasteiger partial charge in [0, 0.05) is 5.41 Å². The van der Waals surface area contributed by atoms with E-state index < -0.39 is 5.97 Å². The molecule has 4 heteroatoms. The Morgan fingerprint density at radius 1 is 1.56 bits per heavy atom. The van der Waals surface area contributed by atoms with Crippen molar-refractivity contribution in [2.45, 2.75) is 31.6 Å². The van der Waals surface area contributed by atoms with Gasteiger partial charge in [0.25, 0.3) is 0 Å². The van der Waals surface area contributed by atoms with Crippen molar-refractivity contribution in [1.29, 1.82) is 5.26 Å². The second kappa shape index (κ2) is 4.34. The molecule has 0 spiro atoms. The van der Waals surface area contributed by atoms with Gasteiger partial charge in [-0.2, -0.15) is 5.26 Å². The van der Waals surface area contributed by atoms with Crippen LogP contribution in [-0.2, 0) is 10.2 Å². The molecule has 4 nitrogen and oxygen atoms in total. The van der Waals surface area contributed by atoms with Crippen LogP contribution in [0.2, 0.25) is 0 Å². The summed E-state index contributed by atoms with van der Waals surface area (Å²) in [4.78, 5) is 10.9. The van der Waals surface area contributed by atoms with E-state index in [1.165, 1.54) is 7.11 Å². The second-order valence-corrected chi connectivity index (χ2v) is 4.84. The first kappa shape index (κ1) is 12.4. The number of carboxylic acid groups (broad SMARTS) is 1. The summed E-state index contributed by atoms with van der Waals surface area (Å²) in [5.41, 5.74) is 2.03. The first-order valence-electron chi connectivity index (χ1n) is 5.83. The smallest absolute Gasteiger partial charge is 0.304 e. The Morgan fingerprint density at radius 3 is 2.67 bits per heavy atom. The van der Waals surface area contributed by atoms with Crippen LogP contribution >= 0.6 is 0 Å². The maximum atomic E-state index is 10.9. The molecule has 94 valence electrons. The molecule has 0 saturated heterocycles. The molecule has 0 bridgehead atoms. The summed E-state index contributed by atoms with van der Waals surface area (Å²) in [6.07, 6.45) is 1.87. The third kappa shape index (κ3) is 2.04. The zero-order chi connectivity index (χ0) is 13.3. The predicted octanol–water partition coefficient (Wildman–Crippen LogP) is 2.38. The lowest BCUT2D eigenvalue weighted by Crippen LogP contribution is -2.13. The van der Waals surface area contributed by atoms with Crippen molar-refractivity contribution >= 4 is 5.97 Å². The number of nitriles is 1. The van der Waals surface area contributed by atoms with Gasteiger partial charge in [-0.1, -0.05) is 6.07 Å². The Bertz CT molecular complexity index is 539. The van der Waals surface area contributed by atoms with Gasteiger partial charge in [-0.05, 0) is 37.0 Å². The molecule has 1 aromatic rings. The molecule has 0 radical (unpaired) electrons. The number of hydrogen-bond acceptors (Lipinski definition) is 3. The number of rotatable bonds is 4. The van der Waals surface area contributed by atoms with E-state index in [9.17, 15) is 4.79 Å². The number of hydrogen-bond donors (Lipinski definition) is 1. The van der Waals surface area contributed by atoms with Crippen LogP contribution in [0.15, 0.2) is 12.1 Å². The zero-order valence-corrected chi connectivity index (χ0v) is 10.5. The minimum Gasteiger partial charge on any atom is -0.495 e. The molecular weight excluding hydrogens is 230 g/mol.